The number of thiazole rings is 1. The Bertz CT molecular complexity index is 436. The van der Waals surface area contributed by atoms with Crippen molar-refractivity contribution in [3.05, 3.63) is 52.0 Å². The molecule has 0 radical (unpaired) electrons. The number of rotatable bonds is 4. The maximum absolute atomic E-state index is 5.84. The summed E-state index contributed by atoms with van der Waals surface area (Å²) in [5.74, 6) is 0.404. The summed E-state index contributed by atoms with van der Waals surface area (Å²) in [5, 5.41) is 1.12. The molecule has 1 aromatic heterocycles. The Hall–Kier alpha value is -1.19. The summed E-state index contributed by atoms with van der Waals surface area (Å²) in [6.45, 7) is 2.72. The summed E-state index contributed by atoms with van der Waals surface area (Å²) >= 11 is 1.76. The molecule has 16 heavy (non-hydrogen) atoms. The second kappa shape index (κ2) is 5.23. The van der Waals surface area contributed by atoms with E-state index >= 15 is 0 Å². The normalized spacial score (nSPS) is 12.6. The third-order valence-corrected chi connectivity index (χ3v) is 3.61. The Morgan fingerprint density at radius 2 is 2.06 bits per heavy atom. The molecule has 1 unspecified atom stereocenters. The molecule has 2 aromatic rings. The van der Waals surface area contributed by atoms with E-state index in [1.165, 1.54) is 10.4 Å². The van der Waals surface area contributed by atoms with E-state index in [0.29, 0.717) is 12.5 Å². The quantitative estimate of drug-likeness (QED) is 0.880. The molecule has 1 atom stereocenters. The lowest BCUT2D eigenvalue weighted by atomic mass is 9.95. The molecule has 1 aromatic carbocycles. The van der Waals surface area contributed by atoms with Crippen LogP contribution in [-0.2, 0) is 6.42 Å². The van der Waals surface area contributed by atoms with Crippen LogP contribution in [0.15, 0.2) is 36.5 Å². The van der Waals surface area contributed by atoms with Crippen molar-refractivity contribution >= 4 is 11.3 Å². The molecule has 0 bridgehead atoms. The zero-order chi connectivity index (χ0) is 11.4. The van der Waals surface area contributed by atoms with Crippen molar-refractivity contribution in [1.29, 1.82) is 0 Å². The molecule has 0 amide bonds. The minimum Gasteiger partial charge on any atom is -0.330 e. The zero-order valence-electron chi connectivity index (χ0n) is 9.39. The van der Waals surface area contributed by atoms with Crippen molar-refractivity contribution in [3.8, 4) is 0 Å². The molecule has 2 nitrogen and oxygen atoms in total. The summed E-state index contributed by atoms with van der Waals surface area (Å²) in [7, 11) is 0. The van der Waals surface area contributed by atoms with Crippen LogP contribution in [0.3, 0.4) is 0 Å². The summed E-state index contributed by atoms with van der Waals surface area (Å²) < 4.78 is 0. The highest BCUT2D eigenvalue weighted by Crippen LogP contribution is 2.22. The Balaban J connectivity index is 2.12. The van der Waals surface area contributed by atoms with Gasteiger partial charge in [-0.1, -0.05) is 30.3 Å². The summed E-state index contributed by atoms with van der Waals surface area (Å²) in [6, 6.07) is 10.5. The van der Waals surface area contributed by atoms with E-state index in [4.69, 9.17) is 5.73 Å². The molecular weight excluding hydrogens is 216 g/mol. The molecule has 2 N–H and O–H groups in total. The monoisotopic (exact) mass is 232 g/mol. The van der Waals surface area contributed by atoms with E-state index in [-0.39, 0.29) is 0 Å². The highest BCUT2D eigenvalue weighted by molar-refractivity contribution is 7.11. The standard InChI is InChI=1S/C13H16N2S/c1-10-15-9-13(16-10)7-12(8-14)11-5-3-2-4-6-11/h2-6,9,12H,7-8,14H2,1H3. The van der Waals surface area contributed by atoms with E-state index in [1.54, 1.807) is 11.3 Å². The van der Waals surface area contributed by atoms with Crippen LogP contribution in [-0.4, -0.2) is 11.5 Å². The van der Waals surface area contributed by atoms with Crippen molar-refractivity contribution in [2.24, 2.45) is 5.73 Å². The number of hydrogen-bond acceptors (Lipinski definition) is 3. The molecule has 0 saturated carbocycles. The van der Waals surface area contributed by atoms with Crippen LogP contribution in [0.2, 0.25) is 0 Å². The van der Waals surface area contributed by atoms with Crippen LogP contribution >= 0.6 is 11.3 Å². The van der Waals surface area contributed by atoms with E-state index in [2.05, 4.69) is 29.2 Å². The Morgan fingerprint density at radius 1 is 1.31 bits per heavy atom. The van der Waals surface area contributed by atoms with Crippen LogP contribution in [0.5, 0.6) is 0 Å². The molecule has 0 aliphatic rings. The first kappa shape index (κ1) is 11.3. The maximum Gasteiger partial charge on any atom is 0.0896 e. The number of aryl methyl sites for hydroxylation is 1. The van der Waals surface area contributed by atoms with E-state index in [9.17, 15) is 0 Å². The fraction of sp³-hybridized carbons (Fsp3) is 0.308. The van der Waals surface area contributed by atoms with E-state index in [0.717, 1.165) is 11.4 Å². The zero-order valence-corrected chi connectivity index (χ0v) is 10.2. The highest BCUT2D eigenvalue weighted by atomic mass is 32.1. The lowest BCUT2D eigenvalue weighted by Crippen LogP contribution is -2.14. The van der Waals surface area contributed by atoms with Gasteiger partial charge in [-0.3, -0.25) is 0 Å². The van der Waals surface area contributed by atoms with Crippen molar-refractivity contribution in [2.75, 3.05) is 6.54 Å². The first-order valence-corrected chi connectivity index (χ1v) is 6.27. The number of hydrogen-bond donors (Lipinski definition) is 1. The van der Waals surface area contributed by atoms with Crippen molar-refractivity contribution in [3.63, 3.8) is 0 Å². The van der Waals surface area contributed by atoms with Gasteiger partial charge in [0.2, 0.25) is 0 Å². The highest BCUT2D eigenvalue weighted by Gasteiger charge is 2.11. The molecule has 0 spiro atoms. The maximum atomic E-state index is 5.84. The molecule has 0 saturated heterocycles. The van der Waals surface area contributed by atoms with E-state index < -0.39 is 0 Å². The number of aromatic nitrogens is 1. The molecule has 1 heterocycles. The van der Waals surface area contributed by atoms with Gasteiger partial charge in [0.15, 0.2) is 0 Å². The summed E-state index contributed by atoms with van der Waals surface area (Å²) in [6.07, 6.45) is 2.96. The lowest BCUT2D eigenvalue weighted by Gasteiger charge is -2.13. The lowest BCUT2D eigenvalue weighted by molar-refractivity contribution is 0.700. The summed E-state index contributed by atoms with van der Waals surface area (Å²) in [5.41, 5.74) is 7.16. The van der Waals surface area contributed by atoms with Gasteiger partial charge >= 0.3 is 0 Å². The first-order valence-electron chi connectivity index (χ1n) is 5.46. The molecule has 0 aliphatic heterocycles. The summed E-state index contributed by atoms with van der Waals surface area (Å²) in [4.78, 5) is 5.59. The van der Waals surface area contributed by atoms with Crippen LogP contribution in [0.1, 0.15) is 21.4 Å². The topological polar surface area (TPSA) is 38.9 Å². The predicted molar refractivity (Wildman–Crippen MR) is 68.8 cm³/mol. The van der Waals surface area contributed by atoms with Crippen molar-refractivity contribution in [2.45, 2.75) is 19.3 Å². The van der Waals surface area contributed by atoms with Gasteiger partial charge in [0.1, 0.15) is 0 Å². The minimum absolute atomic E-state index is 0.404. The largest absolute Gasteiger partial charge is 0.330 e. The Morgan fingerprint density at radius 3 is 2.62 bits per heavy atom. The van der Waals surface area contributed by atoms with Gasteiger partial charge in [-0.25, -0.2) is 4.98 Å². The third-order valence-electron chi connectivity index (χ3n) is 2.67. The Kier molecular flexibility index (Phi) is 3.70. The second-order valence-electron chi connectivity index (χ2n) is 3.89. The smallest absolute Gasteiger partial charge is 0.0896 e. The molecular formula is C13H16N2S. The SMILES string of the molecule is Cc1ncc(CC(CN)c2ccccc2)s1. The Labute approximate surface area is 100 Å². The van der Waals surface area contributed by atoms with Gasteiger partial charge in [-0.15, -0.1) is 11.3 Å². The fourth-order valence-corrected chi connectivity index (χ4v) is 2.68. The van der Waals surface area contributed by atoms with Crippen LogP contribution in [0, 0.1) is 6.92 Å². The first-order chi connectivity index (χ1) is 7.79. The predicted octanol–water partition coefficient (Wildman–Crippen LogP) is 2.74. The average molecular weight is 232 g/mol. The van der Waals surface area contributed by atoms with Crippen LogP contribution < -0.4 is 5.73 Å². The molecule has 0 fully saturated rings. The fourth-order valence-electron chi connectivity index (χ4n) is 1.81. The number of nitrogens with zero attached hydrogens (tertiary/aromatic N) is 1. The van der Waals surface area contributed by atoms with Gasteiger partial charge in [0.05, 0.1) is 5.01 Å². The minimum atomic E-state index is 0.404. The number of nitrogens with two attached hydrogens (primary N) is 1. The van der Waals surface area contributed by atoms with Crippen molar-refractivity contribution < 1.29 is 0 Å². The molecule has 2 rings (SSSR count). The second-order valence-corrected chi connectivity index (χ2v) is 5.21. The van der Waals surface area contributed by atoms with Gasteiger partial charge < -0.3 is 5.73 Å². The van der Waals surface area contributed by atoms with Crippen LogP contribution in [0.4, 0.5) is 0 Å². The average Bonchev–Trinajstić information content (AvgIpc) is 2.73. The van der Waals surface area contributed by atoms with E-state index in [1.807, 2.05) is 19.2 Å². The molecule has 84 valence electrons. The molecule has 3 heteroatoms. The van der Waals surface area contributed by atoms with Gasteiger partial charge in [-0.05, 0) is 25.5 Å². The van der Waals surface area contributed by atoms with Gasteiger partial charge in [-0.2, -0.15) is 0 Å². The number of benzene rings is 1. The van der Waals surface area contributed by atoms with Gasteiger partial charge in [0.25, 0.3) is 0 Å². The van der Waals surface area contributed by atoms with Gasteiger partial charge in [0, 0.05) is 17.0 Å². The third kappa shape index (κ3) is 2.68. The van der Waals surface area contributed by atoms with Crippen LogP contribution in [0.25, 0.3) is 0 Å². The molecule has 0 aliphatic carbocycles. The van der Waals surface area contributed by atoms with Crippen molar-refractivity contribution in [1.82, 2.24) is 4.98 Å².